The van der Waals surface area contributed by atoms with Crippen LogP contribution in [0.2, 0.25) is 0 Å². The lowest BCUT2D eigenvalue weighted by atomic mass is 10.0. The molecule has 1 N–H and O–H groups in total. The van der Waals surface area contributed by atoms with Crippen molar-refractivity contribution in [3.8, 4) is 0 Å². The Hall–Kier alpha value is -1.87. The van der Waals surface area contributed by atoms with Gasteiger partial charge in [-0.05, 0) is 16.3 Å². The van der Waals surface area contributed by atoms with Gasteiger partial charge in [0.15, 0.2) is 0 Å². The molecule has 0 aliphatic carbocycles. The molecule has 1 saturated heterocycles. The van der Waals surface area contributed by atoms with Crippen molar-refractivity contribution in [2.45, 2.75) is 6.54 Å². The largest absolute Gasteiger partial charge is 0.341 e. The van der Waals surface area contributed by atoms with Gasteiger partial charge in [-0.2, -0.15) is 0 Å². The van der Waals surface area contributed by atoms with Gasteiger partial charge in [0.2, 0.25) is 5.91 Å². The fraction of sp³-hybridized carbons (Fsp3) is 0.312. The van der Waals surface area contributed by atoms with Crippen LogP contribution in [0.5, 0.6) is 0 Å². The first-order valence-electron chi connectivity index (χ1n) is 6.68. The summed E-state index contributed by atoms with van der Waals surface area (Å²) in [6.07, 6.45) is 0. The average molecular weight is 254 g/mol. The highest BCUT2D eigenvalue weighted by atomic mass is 16.2. The van der Waals surface area contributed by atoms with Gasteiger partial charge in [-0.15, -0.1) is 0 Å². The van der Waals surface area contributed by atoms with E-state index in [9.17, 15) is 4.79 Å². The summed E-state index contributed by atoms with van der Waals surface area (Å²) >= 11 is 0. The highest BCUT2D eigenvalue weighted by Crippen LogP contribution is 2.20. The first-order chi connectivity index (χ1) is 9.25. The maximum Gasteiger partial charge on any atom is 0.228 e. The molecule has 98 valence electrons. The maximum absolute atomic E-state index is 12.2. The van der Waals surface area contributed by atoms with E-state index in [2.05, 4.69) is 35.6 Å². The summed E-state index contributed by atoms with van der Waals surface area (Å²) in [5, 5.41) is 5.60. The van der Waals surface area contributed by atoms with Gasteiger partial charge in [0, 0.05) is 26.7 Å². The second-order valence-electron chi connectivity index (χ2n) is 5.19. The van der Waals surface area contributed by atoms with Crippen LogP contribution in [0.3, 0.4) is 0 Å². The molecule has 3 rings (SSSR count). The third kappa shape index (κ3) is 2.34. The molecule has 2 aromatic carbocycles. The Morgan fingerprint density at radius 1 is 1.21 bits per heavy atom. The van der Waals surface area contributed by atoms with Crippen molar-refractivity contribution in [1.29, 1.82) is 0 Å². The zero-order valence-corrected chi connectivity index (χ0v) is 11.1. The van der Waals surface area contributed by atoms with Crippen molar-refractivity contribution in [2.24, 2.45) is 5.92 Å². The Morgan fingerprint density at radius 3 is 2.68 bits per heavy atom. The molecule has 2 aromatic rings. The van der Waals surface area contributed by atoms with E-state index in [0.29, 0.717) is 6.54 Å². The van der Waals surface area contributed by atoms with Crippen molar-refractivity contribution in [3.05, 3.63) is 48.0 Å². The molecule has 1 heterocycles. The standard InChI is InChI=1S/C16H18N2O/c1-18(16(19)14-9-17-10-14)11-13-7-4-6-12-5-2-3-8-15(12)13/h2-8,14,17H,9-11H2,1H3. The molecule has 0 aromatic heterocycles. The second-order valence-corrected chi connectivity index (χ2v) is 5.19. The second kappa shape index (κ2) is 5.02. The fourth-order valence-corrected chi connectivity index (χ4v) is 2.54. The predicted octanol–water partition coefficient (Wildman–Crippen LogP) is 2.02. The molecule has 1 fully saturated rings. The third-order valence-corrected chi connectivity index (χ3v) is 3.79. The molecular formula is C16H18N2O. The number of amides is 1. The van der Waals surface area contributed by atoms with Gasteiger partial charge in [0.1, 0.15) is 0 Å². The maximum atomic E-state index is 12.2. The minimum Gasteiger partial charge on any atom is -0.341 e. The number of nitrogens with zero attached hydrogens (tertiary/aromatic N) is 1. The van der Waals surface area contributed by atoms with Gasteiger partial charge < -0.3 is 10.2 Å². The van der Waals surface area contributed by atoms with Gasteiger partial charge >= 0.3 is 0 Å². The Kier molecular flexibility index (Phi) is 3.22. The highest BCUT2D eigenvalue weighted by Gasteiger charge is 2.27. The Labute approximate surface area is 113 Å². The lowest BCUT2D eigenvalue weighted by Crippen LogP contribution is -2.50. The topological polar surface area (TPSA) is 32.3 Å². The monoisotopic (exact) mass is 254 g/mol. The number of nitrogens with one attached hydrogen (secondary N) is 1. The van der Waals surface area contributed by atoms with E-state index in [1.165, 1.54) is 16.3 Å². The summed E-state index contributed by atoms with van der Waals surface area (Å²) in [6.45, 7) is 2.31. The molecule has 3 heteroatoms. The van der Waals surface area contributed by atoms with E-state index in [4.69, 9.17) is 0 Å². The van der Waals surface area contributed by atoms with Gasteiger partial charge in [-0.3, -0.25) is 4.79 Å². The van der Waals surface area contributed by atoms with Gasteiger partial charge in [0.25, 0.3) is 0 Å². The van der Waals surface area contributed by atoms with Crippen LogP contribution in [0.25, 0.3) is 10.8 Å². The van der Waals surface area contributed by atoms with Crippen LogP contribution in [0.15, 0.2) is 42.5 Å². The van der Waals surface area contributed by atoms with E-state index >= 15 is 0 Å². The molecule has 0 radical (unpaired) electrons. The number of fused-ring (bicyclic) bond motifs is 1. The van der Waals surface area contributed by atoms with Crippen LogP contribution in [0.1, 0.15) is 5.56 Å². The van der Waals surface area contributed by atoms with E-state index < -0.39 is 0 Å². The molecule has 0 bridgehead atoms. The van der Waals surface area contributed by atoms with Crippen LogP contribution in [-0.2, 0) is 11.3 Å². The van der Waals surface area contributed by atoms with E-state index in [0.717, 1.165) is 13.1 Å². The van der Waals surface area contributed by atoms with Crippen molar-refractivity contribution >= 4 is 16.7 Å². The molecule has 1 amide bonds. The third-order valence-electron chi connectivity index (χ3n) is 3.79. The minimum atomic E-state index is 0.167. The summed E-state index contributed by atoms with van der Waals surface area (Å²) in [7, 11) is 1.89. The first kappa shape index (κ1) is 12.2. The van der Waals surface area contributed by atoms with E-state index in [1.54, 1.807) is 0 Å². The molecule has 0 spiro atoms. The van der Waals surface area contributed by atoms with Gasteiger partial charge in [-0.25, -0.2) is 0 Å². The normalized spacial score (nSPS) is 15.2. The minimum absolute atomic E-state index is 0.167. The van der Waals surface area contributed by atoms with Crippen LogP contribution >= 0.6 is 0 Å². The SMILES string of the molecule is CN(Cc1cccc2ccccc12)C(=O)C1CNC1. The van der Waals surface area contributed by atoms with Crippen LogP contribution in [0, 0.1) is 5.92 Å². The molecule has 0 saturated carbocycles. The molecule has 3 nitrogen and oxygen atoms in total. The summed E-state index contributed by atoms with van der Waals surface area (Å²) < 4.78 is 0. The number of carbonyl (C=O) groups excluding carboxylic acids is 1. The van der Waals surface area contributed by atoms with Crippen LogP contribution < -0.4 is 5.32 Å². The zero-order valence-electron chi connectivity index (χ0n) is 11.1. The summed E-state index contributed by atoms with van der Waals surface area (Å²) in [5.41, 5.74) is 1.21. The Morgan fingerprint density at radius 2 is 1.95 bits per heavy atom. The molecule has 0 atom stereocenters. The Bertz CT molecular complexity index is 599. The first-order valence-corrected chi connectivity index (χ1v) is 6.68. The van der Waals surface area contributed by atoms with Crippen molar-refractivity contribution in [1.82, 2.24) is 10.2 Å². The van der Waals surface area contributed by atoms with E-state index in [-0.39, 0.29) is 11.8 Å². The van der Waals surface area contributed by atoms with Gasteiger partial charge in [-0.1, -0.05) is 42.5 Å². The van der Waals surface area contributed by atoms with Crippen LogP contribution in [0.4, 0.5) is 0 Å². The van der Waals surface area contributed by atoms with Crippen molar-refractivity contribution < 1.29 is 4.79 Å². The van der Waals surface area contributed by atoms with Crippen LogP contribution in [-0.4, -0.2) is 30.9 Å². The average Bonchev–Trinajstić information content (AvgIpc) is 2.37. The lowest BCUT2D eigenvalue weighted by Gasteiger charge is -2.30. The number of hydrogen-bond donors (Lipinski definition) is 1. The lowest BCUT2D eigenvalue weighted by molar-refractivity contribution is -0.136. The van der Waals surface area contributed by atoms with Crippen molar-refractivity contribution in [3.63, 3.8) is 0 Å². The Balaban J connectivity index is 1.82. The predicted molar refractivity (Wildman–Crippen MR) is 76.8 cm³/mol. The summed E-state index contributed by atoms with van der Waals surface area (Å²) in [4.78, 5) is 14.0. The van der Waals surface area contributed by atoms with Crippen molar-refractivity contribution in [2.75, 3.05) is 20.1 Å². The molecule has 1 aliphatic rings. The smallest absolute Gasteiger partial charge is 0.228 e. The van der Waals surface area contributed by atoms with E-state index in [1.807, 2.05) is 24.1 Å². The number of rotatable bonds is 3. The number of benzene rings is 2. The zero-order chi connectivity index (χ0) is 13.2. The quantitative estimate of drug-likeness (QED) is 0.909. The molecule has 1 aliphatic heterocycles. The van der Waals surface area contributed by atoms with Gasteiger partial charge in [0.05, 0.1) is 5.92 Å². The number of hydrogen-bond acceptors (Lipinski definition) is 2. The molecular weight excluding hydrogens is 236 g/mol. The highest BCUT2D eigenvalue weighted by molar-refractivity contribution is 5.86. The summed E-state index contributed by atoms with van der Waals surface area (Å²) in [5.74, 6) is 0.409. The molecule has 0 unspecified atom stereocenters. The number of carbonyl (C=O) groups is 1. The summed E-state index contributed by atoms with van der Waals surface area (Å²) in [6, 6.07) is 14.6. The molecule has 19 heavy (non-hydrogen) atoms. The fourth-order valence-electron chi connectivity index (χ4n) is 2.54.